The molecule has 2 heterocycles. The Hall–Kier alpha value is -3.66. The average Bonchev–Trinajstić information content (AvgIpc) is 3.25. The van der Waals surface area contributed by atoms with Gasteiger partial charge in [-0.1, -0.05) is 17.7 Å². The largest absolute Gasteiger partial charge is 0.493 e. The maximum absolute atomic E-state index is 12.6. The molecule has 3 rings (SSSR count). The summed E-state index contributed by atoms with van der Waals surface area (Å²) in [7, 11) is 1.39. The molecule has 1 aromatic carbocycles. The van der Waals surface area contributed by atoms with Crippen molar-refractivity contribution in [1.82, 2.24) is 25.1 Å². The lowest BCUT2D eigenvalue weighted by molar-refractivity contribution is -0.119. The number of halogens is 1. The number of nitrogens with two attached hydrogens (primary N) is 1. The second-order valence-electron chi connectivity index (χ2n) is 5.75. The zero-order chi connectivity index (χ0) is 20.8. The first kappa shape index (κ1) is 20.1. The van der Waals surface area contributed by atoms with Crippen LogP contribution in [0, 0.1) is 0 Å². The lowest BCUT2D eigenvalue weighted by atomic mass is 10.1. The van der Waals surface area contributed by atoms with Crippen LogP contribution >= 0.6 is 11.6 Å². The van der Waals surface area contributed by atoms with E-state index in [-0.39, 0.29) is 41.1 Å². The van der Waals surface area contributed by atoms with E-state index in [0.717, 1.165) is 5.56 Å². The Bertz CT molecular complexity index is 1030. The number of nitrogens with one attached hydrogen (secondary N) is 1. The van der Waals surface area contributed by atoms with Gasteiger partial charge >= 0.3 is 0 Å². The van der Waals surface area contributed by atoms with Crippen LogP contribution in [0.15, 0.2) is 43.1 Å². The molecule has 0 aliphatic heterocycles. The van der Waals surface area contributed by atoms with E-state index in [4.69, 9.17) is 26.8 Å². The molecule has 0 bridgehead atoms. The number of hydrogen-bond acceptors (Lipinski definition) is 7. The van der Waals surface area contributed by atoms with Crippen molar-refractivity contribution in [1.29, 1.82) is 0 Å². The molecule has 3 N–H and O–H groups in total. The number of amides is 2. The average molecular weight is 417 g/mol. The summed E-state index contributed by atoms with van der Waals surface area (Å²) in [5.41, 5.74) is 6.07. The van der Waals surface area contributed by atoms with Crippen molar-refractivity contribution in [2.75, 3.05) is 13.7 Å². The van der Waals surface area contributed by atoms with Gasteiger partial charge in [-0.15, -0.1) is 0 Å². The Morgan fingerprint density at radius 1 is 1.34 bits per heavy atom. The summed E-state index contributed by atoms with van der Waals surface area (Å²) in [5.74, 6) is -0.167. The minimum atomic E-state index is -0.662. The van der Waals surface area contributed by atoms with Crippen molar-refractivity contribution >= 4 is 23.4 Å². The first-order valence-corrected chi connectivity index (χ1v) is 8.73. The van der Waals surface area contributed by atoms with Crippen molar-refractivity contribution in [3.63, 3.8) is 0 Å². The monoisotopic (exact) mass is 416 g/mol. The lowest BCUT2D eigenvalue weighted by Gasteiger charge is -2.14. The zero-order valence-electron chi connectivity index (χ0n) is 15.3. The minimum absolute atomic E-state index is 0.112. The highest BCUT2D eigenvalue weighted by atomic mass is 35.5. The zero-order valence-corrected chi connectivity index (χ0v) is 16.1. The molecule has 29 heavy (non-hydrogen) atoms. The van der Waals surface area contributed by atoms with Gasteiger partial charge in [0.05, 0.1) is 12.1 Å². The number of nitrogens with zero attached hydrogens (tertiary/aromatic N) is 4. The molecule has 0 fully saturated rings. The Balaban J connectivity index is 1.77. The van der Waals surface area contributed by atoms with Gasteiger partial charge in [-0.3, -0.25) is 9.59 Å². The molecule has 0 radical (unpaired) electrons. The number of benzene rings is 1. The number of carbonyl (C=O) groups is 2. The molecule has 0 saturated carbocycles. The predicted molar refractivity (Wildman–Crippen MR) is 103 cm³/mol. The first-order chi connectivity index (χ1) is 14.0. The molecule has 0 atom stereocenters. The second-order valence-corrected chi connectivity index (χ2v) is 6.16. The molecule has 0 unspecified atom stereocenters. The molecule has 0 spiro atoms. The highest BCUT2D eigenvalue weighted by Gasteiger charge is 2.17. The molecular weight excluding hydrogens is 400 g/mol. The topological polar surface area (TPSA) is 134 Å². The summed E-state index contributed by atoms with van der Waals surface area (Å²) >= 11 is 6.19. The van der Waals surface area contributed by atoms with E-state index in [0.29, 0.717) is 5.82 Å². The lowest BCUT2D eigenvalue weighted by Crippen LogP contribution is -2.24. The summed E-state index contributed by atoms with van der Waals surface area (Å²) < 4.78 is 12.0. The van der Waals surface area contributed by atoms with Gasteiger partial charge in [-0.2, -0.15) is 5.10 Å². The first-order valence-electron chi connectivity index (χ1n) is 8.35. The number of hydrogen-bond donors (Lipinski definition) is 2. The Kier molecular flexibility index (Phi) is 6.25. The van der Waals surface area contributed by atoms with Crippen LogP contribution in [-0.2, 0) is 11.3 Å². The van der Waals surface area contributed by atoms with Crippen LogP contribution in [0.2, 0.25) is 5.02 Å². The van der Waals surface area contributed by atoms with Gasteiger partial charge in [0.15, 0.2) is 23.9 Å². The van der Waals surface area contributed by atoms with Gasteiger partial charge in [0.1, 0.15) is 12.7 Å². The fraction of sp³-hybridized carbons (Fsp3) is 0.167. The Morgan fingerprint density at radius 2 is 2.17 bits per heavy atom. The standard InChI is InChI=1S/C18H17ClN6O4/c1-28-14-6-12(5-13(19)16(14)29-8-15(20)26)18(27)23-7-11-3-2-4-22-17(11)25-10-21-9-24-25/h2-6,9-10H,7-8H2,1H3,(H2,20,26)(H,23,27). The van der Waals surface area contributed by atoms with E-state index in [1.54, 1.807) is 12.3 Å². The Morgan fingerprint density at radius 3 is 2.86 bits per heavy atom. The number of rotatable bonds is 8. The fourth-order valence-electron chi connectivity index (χ4n) is 2.50. The van der Waals surface area contributed by atoms with Crippen molar-refractivity contribution in [2.24, 2.45) is 5.73 Å². The van der Waals surface area contributed by atoms with Gasteiger partial charge in [0.25, 0.3) is 11.8 Å². The van der Waals surface area contributed by atoms with E-state index in [1.165, 1.54) is 36.6 Å². The number of aromatic nitrogens is 4. The highest BCUT2D eigenvalue weighted by molar-refractivity contribution is 6.32. The SMILES string of the molecule is COc1cc(C(=O)NCc2cccnc2-n2cncn2)cc(Cl)c1OCC(N)=O. The summed E-state index contributed by atoms with van der Waals surface area (Å²) in [5, 5.41) is 6.96. The van der Waals surface area contributed by atoms with Crippen LogP contribution in [0.1, 0.15) is 15.9 Å². The van der Waals surface area contributed by atoms with Gasteiger partial charge in [0.2, 0.25) is 0 Å². The summed E-state index contributed by atoms with van der Waals surface area (Å²) in [6.07, 6.45) is 4.54. The minimum Gasteiger partial charge on any atom is -0.493 e. The van der Waals surface area contributed by atoms with Crippen LogP contribution in [0.25, 0.3) is 5.82 Å². The third-order valence-electron chi connectivity index (χ3n) is 3.79. The van der Waals surface area contributed by atoms with Gasteiger partial charge < -0.3 is 20.5 Å². The van der Waals surface area contributed by atoms with Crippen LogP contribution in [0.5, 0.6) is 11.5 Å². The molecule has 2 aromatic heterocycles. The molecule has 0 saturated heterocycles. The smallest absolute Gasteiger partial charge is 0.255 e. The van der Waals surface area contributed by atoms with Crippen LogP contribution in [0.3, 0.4) is 0 Å². The maximum atomic E-state index is 12.6. The molecule has 3 aromatic rings. The van der Waals surface area contributed by atoms with Gasteiger partial charge in [-0.25, -0.2) is 14.6 Å². The quantitative estimate of drug-likeness (QED) is 0.561. The van der Waals surface area contributed by atoms with E-state index < -0.39 is 5.91 Å². The maximum Gasteiger partial charge on any atom is 0.255 e. The van der Waals surface area contributed by atoms with E-state index in [2.05, 4.69) is 20.4 Å². The Labute approximate surface area is 170 Å². The van der Waals surface area contributed by atoms with Crippen LogP contribution < -0.4 is 20.5 Å². The molecule has 0 aliphatic rings. The number of methoxy groups -OCH3 is 1. The summed E-state index contributed by atoms with van der Waals surface area (Å²) in [6.45, 7) is -0.171. The van der Waals surface area contributed by atoms with E-state index >= 15 is 0 Å². The third-order valence-corrected chi connectivity index (χ3v) is 4.07. The van der Waals surface area contributed by atoms with Gasteiger partial charge in [0, 0.05) is 23.9 Å². The second kappa shape index (κ2) is 9.02. The van der Waals surface area contributed by atoms with E-state index in [1.807, 2.05) is 6.07 Å². The number of primary amides is 1. The van der Waals surface area contributed by atoms with Crippen molar-refractivity contribution in [3.05, 3.63) is 59.3 Å². The molecular formula is C18H17ClN6O4. The van der Waals surface area contributed by atoms with Crippen molar-refractivity contribution < 1.29 is 19.1 Å². The molecule has 0 aliphatic carbocycles. The van der Waals surface area contributed by atoms with E-state index in [9.17, 15) is 9.59 Å². The van der Waals surface area contributed by atoms with Crippen molar-refractivity contribution in [2.45, 2.75) is 6.54 Å². The third kappa shape index (κ3) is 4.79. The molecule has 10 nitrogen and oxygen atoms in total. The van der Waals surface area contributed by atoms with Crippen LogP contribution in [-0.4, -0.2) is 45.3 Å². The van der Waals surface area contributed by atoms with Crippen molar-refractivity contribution in [3.8, 4) is 17.3 Å². The number of carbonyl (C=O) groups excluding carboxylic acids is 2. The predicted octanol–water partition coefficient (Wildman–Crippen LogP) is 1.12. The van der Waals surface area contributed by atoms with Gasteiger partial charge in [-0.05, 0) is 18.2 Å². The number of pyridine rings is 1. The summed E-state index contributed by atoms with van der Waals surface area (Å²) in [6, 6.07) is 6.45. The van der Waals surface area contributed by atoms with Crippen LogP contribution in [0.4, 0.5) is 0 Å². The highest BCUT2D eigenvalue weighted by Crippen LogP contribution is 2.36. The normalized spacial score (nSPS) is 10.4. The molecule has 150 valence electrons. The fourth-order valence-corrected chi connectivity index (χ4v) is 2.77. The molecule has 2 amide bonds. The number of ether oxygens (including phenoxy) is 2. The summed E-state index contributed by atoms with van der Waals surface area (Å²) in [4.78, 5) is 31.7. The molecule has 11 heteroatoms.